The van der Waals surface area contributed by atoms with E-state index in [-0.39, 0.29) is 49.9 Å². The molecule has 0 amide bonds. The molecule has 1 nitrogen and oxygen atoms in total. The van der Waals surface area contributed by atoms with E-state index in [4.69, 9.17) is 0 Å². The second-order valence-corrected chi connectivity index (χ2v) is 15.4. The summed E-state index contributed by atoms with van der Waals surface area (Å²) in [5, 5.41) is 5.63. The minimum atomic E-state index is -0.409. The molecule has 0 saturated heterocycles. The molecular weight excluding hydrogens is 790 g/mol. The molecule has 2 fully saturated rings. The Morgan fingerprint density at radius 2 is 0.776 bits per heavy atom. The molecule has 0 N–H and O–H groups in total. The Labute approximate surface area is 330 Å². The normalized spacial score (nSPS) is 14.1. The predicted octanol–water partition coefficient (Wildman–Crippen LogP) is 5.51. The molecule has 0 unspecified atom stereocenters. The van der Waals surface area contributed by atoms with Crippen LogP contribution in [0.2, 0.25) is 0 Å². The summed E-state index contributed by atoms with van der Waals surface area (Å²) in [7, 11) is 3.29. The van der Waals surface area contributed by atoms with Crippen LogP contribution in [0.25, 0.3) is 0 Å². The molecule has 0 heterocycles. The van der Waals surface area contributed by atoms with Gasteiger partial charge in [0, 0.05) is 17.9 Å². The summed E-state index contributed by atoms with van der Waals surface area (Å²) < 4.78 is 0. The van der Waals surface area contributed by atoms with Gasteiger partial charge in [-0.2, -0.15) is 30.3 Å². The Balaban J connectivity index is 0.000000258. The molecule has 0 bridgehead atoms. The molecule has 0 spiro atoms. The van der Waals surface area contributed by atoms with Crippen molar-refractivity contribution < 1.29 is 49.9 Å². The molecule has 0 atom stereocenters. The number of rotatable bonds is 8. The van der Waals surface area contributed by atoms with Crippen LogP contribution in [0.1, 0.15) is 5.56 Å². The molecular formula is C43H40ClFeNP2Pd+2. The summed E-state index contributed by atoms with van der Waals surface area (Å²) in [4.78, 5) is 2.13. The summed E-state index contributed by atoms with van der Waals surface area (Å²) in [6, 6.07) is 54.3. The Bertz CT molecular complexity index is 1330. The van der Waals surface area contributed by atoms with Gasteiger partial charge in [-0.25, -0.2) is 0 Å². The Hall–Kier alpha value is -1.61. The Morgan fingerprint density at radius 1 is 0.469 bits per heavy atom. The average molecular weight is 830 g/mol. The van der Waals surface area contributed by atoms with Gasteiger partial charge in [0.05, 0.1) is 0 Å². The van der Waals surface area contributed by atoms with Crippen molar-refractivity contribution in [3.05, 3.63) is 220 Å². The van der Waals surface area contributed by atoms with Gasteiger partial charge < -0.3 is 17.3 Å². The van der Waals surface area contributed by atoms with Crippen LogP contribution < -0.4 is 33.6 Å². The van der Waals surface area contributed by atoms with E-state index in [0.717, 1.165) is 6.54 Å². The fraction of sp³-hybridized carbons (Fsp3) is 0.0698. The topological polar surface area (TPSA) is 3.24 Å². The standard InChI is InChI=1S/2C17H14P.C9H12N.ClH.Fe.Pd/c2*1-3-9-15(10-4-1)18(17-13-7-8-14-17)16-11-5-2-6-12-16;1-10(2)8-9-6-4-3-5-7-9;;;/h2*1-14H;3-6H,8H2,1-2H3;1H;;/q;;-1;;2*+2/p-1. The van der Waals surface area contributed by atoms with Crippen molar-refractivity contribution in [2.24, 2.45) is 0 Å². The zero-order valence-electron chi connectivity index (χ0n) is 27.6. The zero-order chi connectivity index (χ0) is 31.8. The van der Waals surface area contributed by atoms with Gasteiger partial charge in [0.25, 0.3) is 0 Å². The molecule has 0 aliphatic heterocycles. The number of halogens is 1. The van der Waals surface area contributed by atoms with E-state index in [2.05, 4.69) is 204 Å². The van der Waals surface area contributed by atoms with Crippen LogP contribution in [0, 0.1) is 68.8 Å². The van der Waals surface area contributed by atoms with Crippen molar-refractivity contribution in [1.82, 2.24) is 4.90 Å². The second kappa shape index (κ2) is 24.6. The van der Waals surface area contributed by atoms with E-state index in [0.29, 0.717) is 0 Å². The van der Waals surface area contributed by atoms with E-state index in [1.807, 2.05) is 18.2 Å². The maximum Gasteiger partial charge on any atom is 2.00 e. The van der Waals surface area contributed by atoms with Crippen LogP contribution in [-0.2, 0) is 44.0 Å². The molecule has 10 radical (unpaired) electrons. The largest absolute Gasteiger partial charge is 2.00 e. The molecule has 2 saturated carbocycles. The van der Waals surface area contributed by atoms with Crippen molar-refractivity contribution >= 4 is 37.1 Å². The minimum Gasteiger partial charge on any atom is -1.00 e. The zero-order valence-corrected chi connectivity index (χ0v) is 32.8. The van der Waals surface area contributed by atoms with Crippen molar-refractivity contribution in [3.8, 4) is 0 Å². The third kappa shape index (κ3) is 14.1. The van der Waals surface area contributed by atoms with E-state index in [9.17, 15) is 0 Å². The SMILES string of the molecule is CN(C)Cc1[c-]cccc1.[CH]1[CH][CH][C](P(c2ccccc2)c2ccccc2)[CH]1.[CH]1[CH][CH][C](P(c2ccccc2)c2ccccc2)[CH]1.[Cl-].[Fe+2].[Pd+2]. The molecule has 7 rings (SSSR count). The predicted molar refractivity (Wildman–Crippen MR) is 202 cm³/mol. The van der Waals surface area contributed by atoms with Gasteiger partial charge in [-0.1, -0.05) is 121 Å². The molecule has 250 valence electrons. The first-order valence-corrected chi connectivity index (χ1v) is 18.2. The first-order chi connectivity index (χ1) is 22.7. The van der Waals surface area contributed by atoms with Gasteiger partial charge in [-0.15, -0.1) is 5.56 Å². The summed E-state index contributed by atoms with van der Waals surface area (Å²) in [6.07, 6.45) is 17.4. The molecule has 5 aromatic carbocycles. The van der Waals surface area contributed by atoms with E-state index in [1.54, 1.807) is 0 Å². The van der Waals surface area contributed by atoms with Crippen LogP contribution in [0.3, 0.4) is 0 Å². The second-order valence-electron chi connectivity index (χ2n) is 10.9. The van der Waals surface area contributed by atoms with Crippen molar-refractivity contribution in [1.29, 1.82) is 0 Å². The molecule has 5 aromatic rings. The maximum absolute atomic E-state index is 3.16. The summed E-state index contributed by atoms with van der Waals surface area (Å²) >= 11 is 0. The summed E-state index contributed by atoms with van der Waals surface area (Å²) in [6.45, 7) is 0.973. The van der Waals surface area contributed by atoms with Crippen LogP contribution in [0.15, 0.2) is 146 Å². The number of benzene rings is 5. The molecule has 2 aliphatic rings. The van der Waals surface area contributed by atoms with Crippen LogP contribution in [-0.4, -0.2) is 19.0 Å². The Kier molecular flexibility index (Phi) is 21.8. The molecule has 0 aromatic heterocycles. The fourth-order valence-electron chi connectivity index (χ4n) is 5.10. The van der Waals surface area contributed by atoms with Crippen LogP contribution in [0.4, 0.5) is 0 Å². The van der Waals surface area contributed by atoms with Crippen LogP contribution >= 0.6 is 15.8 Å². The average Bonchev–Trinajstić information content (AvgIpc) is 3.84. The van der Waals surface area contributed by atoms with Crippen molar-refractivity contribution in [2.45, 2.75) is 6.54 Å². The molecule has 49 heavy (non-hydrogen) atoms. The van der Waals surface area contributed by atoms with Crippen molar-refractivity contribution in [3.63, 3.8) is 0 Å². The van der Waals surface area contributed by atoms with Crippen molar-refractivity contribution in [2.75, 3.05) is 14.1 Å². The van der Waals surface area contributed by atoms with Gasteiger partial charge in [-0.3, -0.25) is 0 Å². The minimum absolute atomic E-state index is 0. The molecule has 6 heteroatoms. The van der Waals surface area contributed by atoms with Gasteiger partial charge in [0.2, 0.25) is 0 Å². The first kappa shape index (κ1) is 43.6. The van der Waals surface area contributed by atoms with Gasteiger partial charge in [0.1, 0.15) is 0 Å². The van der Waals surface area contributed by atoms with Gasteiger partial charge in [0.15, 0.2) is 0 Å². The number of nitrogens with zero attached hydrogens (tertiary/aromatic N) is 1. The van der Waals surface area contributed by atoms with E-state index >= 15 is 0 Å². The third-order valence-electron chi connectivity index (χ3n) is 7.12. The van der Waals surface area contributed by atoms with Crippen LogP contribution in [0.5, 0.6) is 0 Å². The Morgan fingerprint density at radius 3 is 1.04 bits per heavy atom. The van der Waals surface area contributed by atoms with E-state index < -0.39 is 15.8 Å². The smallest absolute Gasteiger partial charge is 1.00 e. The summed E-state index contributed by atoms with van der Waals surface area (Å²) in [5.41, 5.74) is 4.08. The third-order valence-corrected chi connectivity index (χ3v) is 12.0. The summed E-state index contributed by atoms with van der Waals surface area (Å²) in [5.74, 6) is 0. The monoisotopic (exact) mass is 829 g/mol. The fourth-order valence-corrected chi connectivity index (χ4v) is 9.71. The van der Waals surface area contributed by atoms with E-state index in [1.165, 1.54) is 38.1 Å². The van der Waals surface area contributed by atoms with Gasteiger partial charge in [-0.05, 0) is 103 Å². The number of hydrogen-bond acceptors (Lipinski definition) is 1. The molecule has 2 aliphatic carbocycles. The quantitative estimate of drug-likeness (QED) is 0.113. The number of hydrogen-bond donors (Lipinski definition) is 0. The van der Waals surface area contributed by atoms with Gasteiger partial charge >= 0.3 is 37.5 Å². The first-order valence-electron chi connectivity index (χ1n) is 15.5. The maximum atomic E-state index is 3.16.